The number of hydrogen-bond acceptors (Lipinski definition) is 2. The van der Waals surface area contributed by atoms with Crippen molar-refractivity contribution in [3.8, 4) is 0 Å². The van der Waals surface area contributed by atoms with Gasteiger partial charge in [-0.3, -0.25) is 0 Å². The second kappa shape index (κ2) is 17.7. The van der Waals surface area contributed by atoms with E-state index in [0.717, 1.165) is 0 Å². The molecule has 5 heteroatoms. The van der Waals surface area contributed by atoms with Crippen molar-refractivity contribution in [2.75, 3.05) is 0 Å². The number of rotatable bonds is 0. The van der Waals surface area contributed by atoms with Crippen LogP contribution < -0.4 is 0 Å². The first-order valence-electron chi connectivity index (χ1n) is 2.97. The summed E-state index contributed by atoms with van der Waals surface area (Å²) in [5, 5.41) is 0. The first-order chi connectivity index (χ1) is 4.88. The molecular formula is C6H20As2O2Pt. The van der Waals surface area contributed by atoms with E-state index in [1.165, 1.54) is 0 Å². The molecule has 0 atom stereocenters. The summed E-state index contributed by atoms with van der Waals surface area (Å²) in [7, 11) is 0. The molecule has 0 aliphatic carbocycles. The molecule has 2 nitrogen and oxygen atoms in total. The van der Waals surface area contributed by atoms with Crippen LogP contribution in [-0.2, 0) is 19.3 Å². The van der Waals surface area contributed by atoms with Crippen LogP contribution in [0.3, 0.4) is 0 Å². The van der Waals surface area contributed by atoms with Gasteiger partial charge in [-0.15, -0.1) is 0 Å². The molecule has 2 N–H and O–H groups in total. The summed E-state index contributed by atoms with van der Waals surface area (Å²) in [5.41, 5.74) is 13.9. The molecule has 0 amide bonds. The van der Waals surface area contributed by atoms with E-state index in [1.807, 2.05) is 0 Å². The first-order valence-corrected chi connectivity index (χ1v) is 16.3. The van der Waals surface area contributed by atoms with E-state index in [9.17, 15) is 0 Å². The van der Waals surface area contributed by atoms with Crippen LogP contribution in [0.2, 0.25) is 34.3 Å². The van der Waals surface area contributed by atoms with Gasteiger partial charge in [-0.2, -0.15) is 0 Å². The Bertz CT molecular complexity index is 42.3. The molecule has 0 bridgehead atoms. The van der Waals surface area contributed by atoms with Gasteiger partial charge in [-0.1, -0.05) is 0 Å². The first kappa shape index (κ1) is 18.5. The van der Waals surface area contributed by atoms with Crippen LogP contribution in [0.1, 0.15) is 0 Å². The zero-order valence-corrected chi connectivity index (χ0v) is 14.1. The molecule has 0 aromatic heterocycles. The van der Waals surface area contributed by atoms with Crippen LogP contribution in [0.15, 0.2) is 0 Å². The van der Waals surface area contributed by atoms with Crippen molar-refractivity contribution in [2.45, 2.75) is 34.3 Å². The molecular weight excluding hydrogens is 449 g/mol. The van der Waals surface area contributed by atoms with Crippen molar-refractivity contribution >= 4 is 29.3 Å². The Kier molecular flexibility index (Phi) is 29.8. The van der Waals surface area contributed by atoms with E-state index in [0.29, 0.717) is 0 Å². The summed E-state index contributed by atoms with van der Waals surface area (Å²) >= 11 is -1.79. The molecule has 0 spiro atoms. The van der Waals surface area contributed by atoms with Crippen molar-refractivity contribution in [2.24, 2.45) is 0 Å². The van der Waals surface area contributed by atoms with Gasteiger partial charge in [0.1, 0.15) is 0 Å². The van der Waals surface area contributed by atoms with Crippen molar-refractivity contribution in [1.82, 2.24) is 0 Å². The maximum absolute atomic E-state index is 7.24. The van der Waals surface area contributed by atoms with Gasteiger partial charge in [-0.05, 0) is 0 Å². The van der Waals surface area contributed by atoms with Crippen LogP contribution in [0.25, 0.3) is 0 Å². The zero-order chi connectivity index (χ0) is 9.86. The minimum absolute atomic E-state index is 0.188. The Hall–Kier alpha value is 1.73. The van der Waals surface area contributed by atoms with Crippen molar-refractivity contribution < 1.29 is 26.8 Å². The Balaban J connectivity index is -0.0000000886. The summed E-state index contributed by atoms with van der Waals surface area (Å²) in [6.07, 6.45) is 0. The van der Waals surface area contributed by atoms with Gasteiger partial charge < -0.3 is 0 Å². The predicted octanol–water partition coefficient (Wildman–Crippen LogP) is 1.62. The third-order valence-electron chi connectivity index (χ3n) is 0. The molecule has 0 aliphatic heterocycles. The van der Waals surface area contributed by atoms with Crippen molar-refractivity contribution in [3.05, 3.63) is 0 Å². The van der Waals surface area contributed by atoms with E-state index in [-0.39, 0.29) is 29.3 Å². The molecule has 0 unspecified atom stereocenters. The van der Waals surface area contributed by atoms with Crippen molar-refractivity contribution in [3.63, 3.8) is 0 Å². The fourth-order valence-electron chi connectivity index (χ4n) is 0. The van der Waals surface area contributed by atoms with E-state index in [4.69, 9.17) is 7.52 Å². The van der Waals surface area contributed by atoms with Gasteiger partial charge in [0, 0.05) is 0 Å². The SMILES string of the molecule is C[As](C)C.C[As](C)C.[OH][Pt][OH]. The van der Waals surface area contributed by atoms with Gasteiger partial charge in [0.2, 0.25) is 0 Å². The molecule has 11 heavy (non-hydrogen) atoms. The maximum atomic E-state index is 7.24. The quantitative estimate of drug-likeness (QED) is 0.530. The average molecular weight is 469 g/mol. The van der Waals surface area contributed by atoms with Gasteiger partial charge in [0.15, 0.2) is 0 Å². The second-order valence-electron chi connectivity index (χ2n) is 2.75. The van der Waals surface area contributed by atoms with E-state index in [1.54, 1.807) is 0 Å². The molecule has 0 heterocycles. The van der Waals surface area contributed by atoms with Crippen LogP contribution in [0, 0.1) is 0 Å². The molecule has 0 fully saturated rings. The van der Waals surface area contributed by atoms with Crippen molar-refractivity contribution in [1.29, 1.82) is 0 Å². The third-order valence-corrected chi connectivity index (χ3v) is 0. The fourth-order valence-corrected chi connectivity index (χ4v) is 0. The van der Waals surface area contributed by atoms with Gasteiger partial charge in [-0.25, -0.2) is 0 Å². The third kappa shape index (κ3) is 373. The molecule has 0 aromatic rings. The van der Waals surface area contributed by atoms with E-state index >= 15 is 0 Å². The Morgan fingerprint density at radius 1 is 0.727 bits per heavy atom. The summed E-state index contributed by atoms with van der Waals surface area (Å²) in [5.74, 6) is 0. The topological polar surface area (TPSA) is 40.5 Å². The molecule has 0 rings (SSSR count). The van der Waals surface area contributed by atoms with Gasteiger partial charge >= 0.3 is 90.4 Å². The Morgan fingerprint density at radius 2 is 0.727 bits per heavy atom. The molecule has 0 saturated carbocycles. The minimum atomic E-state index is -1.42. The van der Waals surface area contributed by atoms with Gasteiger partial charge in [0.05, 0.1) is 0 Å². The average Bonchev–Trinajstić information content (AvgIpc) is 1.60. The zero-order valence-electron chi connectivity index (χ0n) is 8.11. The second-order valence-corrected chi connectivity index (χ2v) is 14.5. The van der Waals surface area contributed by atoms with Gasteiger partial charge in [0.25, 0.3) is 0 Å². The fraction of sp³-hybridized carbons (Fsp3) is 1.00. The Morgan fingerprint density at radius 3 is 0.727 bits per heavy atom. The molecule has 0 saturated heterocycles. The van der Waals surface area contributed by atoms with Crippen LogP contribution in [-0.4, -0.2) is 36.8 Å². The Labute approximate surface area is 89.7 Å². The molecule has 0 radical (unpaired) electrons. The van der Waals surface area contributed by atoms with Crippen LogP contribution >= 0.6 is 0 Å². The summed E-state index contributed by atoms with van der Waals surface area (Å²) in [6, 6.07) is 0. The van der Waals surface area contributed by atoms with Crippen LogP contribution in [0.4, 0.5) is 0 Å². The monoisotopic (exact) mass is 469 g/mol. The standard InChI is InChI=1S/2C3H9As.2H2O.Pt/c2*1-4(2)3;;;/h2*1-3H3;2*1H2;/q;;;;+2/p-2. The summed E-state index contributed by atoms with van der Waals surface area (Å²) < 4.78 is 14.5. The normalized spacial score (nSPS) is 8.55. The summed E-state index contributed by atoms with van der Waals surface area (Å²) in [4.78, 5) is 0. The van der Waals surface area contributed by atoms with E-state index in [2.05, 4.69) is 34.3 Å². The van der Waals surface area contributed by atoms with Crippen LogP contribution in [0.5, 0.6) is 0 Å². The molecule has 0 aromatic carbocycles. The molecule has 76 valence electrons. The predicted molar refractivity (Wildman–Crippen MR) is 51.1 cm³/mol. The van der Waals surface area contributed by atoms with E-state index < -0.39 is 19.3 Å². The summed E-state index contributed by atoms with van der Waals surface area (Å²) in [6.45, 7) is 0. The number of hydrogen-bond donors (Lipinski definition) is 2. The molecule has 0 aliphatic rings.